The van der Waals surface area contributed by atoms with Gasteiger partial charge in [-0.1, -0.05) is 13.8 Å². The third kappa shape index (κ3) is 3.54. The van der Waals surface area contributed by atoms with Gasteiger partial charge in [-0.2, -0.15) is 11.3 Å². The average molecular weight is 252 g/mol. The first-order valence-electron chi connectivity index (χ1n) is 6.51. The highest BCUT2D eigenvalue weighted by molar-refractivity contribution is 7.07. The molecule has 1 fully saturated rings. The number of thiophene rings is 1. The lowest BCUT2D eigenvalue weighted by atomic mass is 9.77. The smallest absolute Gasteiger partial charge is 0.0246 e. The first kappa shape index (κ1) is 13.1. The van der Waals surface area contributed by atoms with E-state index < -0.39 is 0 Å². The number of piperidine rings is 1. The summed E-state index contributed by atoms with van der Waals surface area (Å²) in [6, 6.07) is 2.85. The molecule has 2 rings (SSSR count). The van der Waals surface area contributed by atoms with E-state index in [1.807, 2.05) is 0 Å². The van der Waals surface area contributed by atoms with Crippen molar-refractivity contribution in [3.8, 4) is 0 Å². The minimum Gasteiger partial charge on any atom is -0.312 e. The Morgan fingerprint density at radius 2 is 2.35 bits per heavy atom. The lowest BCUT2D eigenvalue weighted by Crippen LogP contribution is -2.52. The predicted octanol–water partition coefficient (Wildman–Crippen LogP) is 2.96. The highest BCUT2D eigenvalue weighted by Crippen LogP contribution is 2.30. The second-order valence-electron chi connectivity index (χ2n) is 5.93. The third-order valence-corrected chi connectivity index (χ3v) is 4.59. The number of likely N-dealkylation sites (N-methyl/N-ethyl adjacent to an activating group) is 1. The van der Waals surface area contributed by atoms with Crippen LogP contribution in [-0.2, 0) is 6.54 Å². The molecule has 96 valence electrons. The van der Waals surface area contributed by atoms with Crippen LogP contribution in [0.3, 0.4) is 0 Å². The molecule has 0 spiro atoms. The predicted molar refractivity (Wildman–Crippen MR) is 75.5 cm³/mol. The molecule has 1 aliphatic heterocycles. The number of nitrogens with zero attached hydrogens (tertiary/aromatic N) is 1. The van der Waals surface area contributed by atoms with E-state index in [0.717, 1.165) is 13.1 Å². The molecule has 1 atom stereocenters. The van der Waals surface area contributed by atoms with Gasteiger partial charge in [-0.15, -0.1) is 0 Å². The number of hydrogen-bond donors (Lipinski definition) is 1. The van der Waals surface area contributed by atoms with Crippen LogP contribution in [0.25, 0.3) is 0 Å². The fourth-order valence-electron chi connectivity index (χ4n) is 2.65. The van der Waals surface area contributed by atoms with Crippen molar-refractivity contribution < 1.29 is 0 Å². The van der Waals surface area contributed by atoms with Crippen molar-refractivity contribution in [1.82, 2.24) is 10.2 Å². The summed E-state index contributed by atoms with van der Waals surface area (Å²) in [6.07, 6.45) is 2.66. The van der Waals surface area contributed by atoms with E-state index in [4.69, 9.17) is 0 Å². The fourth-order valence-corrected chi connectivity index (χ4v) is 3.31. The molecule has 2 nitrogen and oxygen atoms in total. The van der Waals surface area contributed by atoms with Crippen molar-refractivity contribution in [2.45, 2.75) is 39.3 Å². The fraction of sp³-hybridized carbons (Fsp3) is 0.714. The summed E-state index contributed by atoms with van der Waals surface area (Å²) in [5.74, 6) is 0. The zero-order chi connectivity index (χ0) is 12.3. The molecule has 2 heterocycles. The summed E-state index contributed by atoms with van der Waals surface area (Å²) in [7, 11) is 2.23. The zero-order valence-electron chi connectivity index (χ0n) is 11.2. The summed E-state index contributed by atoms with van der Waals surface area (Å²) in [4.78, 5) is 2.44. The van der Waals surface area contributed by atoms with Crippen molar-refractivity contribution in [3.63, 3.8) is 0 Å². The van der Waals surface area contributed by atoms with Crippen LogP contribution in [0.15, 0.2) is 16.8 Å². The lowest BCUT2D eigenvalue weighted by Gasteiger charge is -2.41. The molecule has 17 heavy (non-hydrogen) atoms. The Kier molecular flexibility index (Phi) is 4.23. The van der Waals surface area contributed by atoms with E-state index in [-0.39, 0.29) is 0 Å². The Morgan fingerprint density at radius 3 is 3.00 bits per heavy atom. The van der Waals surface area contributed by atoms with Crippen molar-refractivity contribution in [2.24, 2.45) is 5.41 Å². The van der Waals surface area contributed by atoms with E-state index in [9.17, 15) is 0 Å². The van der Waals surface area contributed by atoms with Gasteiger partial charge in [0.05, 0.1) is 0 Å². The highest BCUT2D eigenvalue weighted by Gasteiger charge is 2.32. The molecule has 0 aliphatic carbocycles. The molecule has 0 saturated carbocycles. The van der Waals surface area contributed by atoms with Crippen LogP contribution in [0, 0.1) is 5.41 Å². The minimum absolute atomic E-state index is 0.432. The topological polar surface area (TPSA) is 15.3 Å². The summed E-state index contributed by atoms with van der Waals surface area (Å²) < 4.78 is 0. The van der Waals surface area contributed by atoms with Crippen LogP contribution in [-0.4, -0.2) is 31.1 Å². The normalized spacial score (nSPS) is 24.1. The maximum Gasteiger partial charge on any atom is 0.0246 e. The number of rotatable bonds is 4. The quantitative estimate of drug-likeness (QED) is 0.886. The summed E-state index contributed by atoms with van der Waals surface area (Å²) in [5.41, 5.74) is 1.87. The van der Waals surface area contributed by atoms with Crippen molar-refractivity contribution in [3.05, 3.63) is 22.4 Å². The Balaban J connectivity index is 1.87. The standard InChI is InChI=1S/C14H24N2S/c1-14(2)6-4-7-15-13(14)10-16(3)9-12-5-8-17-11-12/h5,8,11,13,15H,4,6-7,9-10H2,1-3H3. The molecular weight excluding hydrogens is 228 g/mol. The summed E-state index contributed by atoms with van der Waals surface area (Å²) in [6.45, 7) is 8.17. The van der Waals surface area contributed by atoms with Gasteiger partial charge in [-0.3, -0.25) is 0 Å². The summed E-state index contributed by atoms with van der Waals surface area (Å²) >= 11 is 1.79. The van der Waals surface area contributed by atoms with Gasteiger partial charge in [-0.05, 0) is 54.2 Å². The van der Waals surface area contributed by atoms with E-state index in [0.29, 0.717) is 11.5 Å². The van der Waals surface area contributed by atoms with Crippen LogP contribution in [0.4, 0.5) is 0 Å². The highest BCUT2D eigenvalue weighted by atomic mass is 32.1. The second kappa shape index (κ2) is 5.51. The first-order chi connectivity index (χ1) is 8.08. The van der Waals surface area contributed by atoms with Crippen LogP contribution in [0.1, 0.15) is 32.3 Å². The molecule has 1 saturated heterocycles. The molecule has 1 aliphatic rings. The van der Waals surface area contributed by atoms with Crippen molar-refractivity contribution >= 4 is 11.3 Å². The van der Waals surface area contributed by atoms with Gasteiger partial charge in [0.15, 0.2) is 0 Å². The van der Waals surface area contributed by atoms with E-state index in [1.165, 1.54) is 24.9 Å². The monoisotopic (exact) mass is 252 g/mol. The first-order valence-corrected chi connectivity index (χ1v) is 7.45. The molecule has 0 amide bonds. The van der Waals surface area contributed by atoms with E-state index in [1.54, 1.807) is 11.3 Å². The van der Waals surface area contributed by atoms with E-state index in [2.05, 4.69) is 47.9 Å². The molecular formula is C14H24N2S. The maximum atomic E-state index is 3.68. The molecule has 1 aromatic heterocycles. The number of nitrogens with one attached hydrogen (secondary N) is 1. The van der Waals surface area contributed by atoms with Gasteiger partial charge >= 0.3 is 0 Å². The molecule has 0 aromatic carbocycles. The largest absolute Gasteiger partial charge is 0.312 e. The third-order valence-electron chi connectivity index (χ3n) is 3.86. The van der Waals surface area contributed by atoms with Crippen LogP contribution in [0.5, 0.6) is 0 Å². The lowest BCUT2D eigenvalue weighted by molar-refractivity contribution is 0.136. The van der Waals surface area contributed by atoms with Crippen LogP contribution < -0.4 is 5.32 Å². The molecule has 0 radical (unpaired) electrons. The van der Waals surface area contributed by atoms with Crippen LogP contribution >= 0.6 is 11.3 Å². The zero-order valence-corrected chi connectivity index (χ0v) is 12.0. The van der Waals surface area contributed by atoms with Gasteiger partial charge in [-0.25, -0.2) is 0 Å². The van der Waals surface area contributed by atoms with E-state index >= 15 is 0 Å². The molecule has 3 heteroatoms. The second-order valence-corrected chi connectivity index (χ2v) is 6.71. The number of hydrogen-bond acceptors (Lipinski definition) is 3. The molecule has 0 bridgehead atoms. The Hall–Kier alpha value is -0.380. The van der Waals surface area contributed by atoms with Gasteiger partial charge in [0.1, 0.15) is 0 Å². The van der Waals surface area contributed by atoms with Gasteiger partial charge in [0.2, 0.25) is 0 Å². The van der Waals surface area contributed by atoms with Gasteiger partial charge < -0.3 is 10.2 Å². The Labute approximate surface area is 109 Å². The molecule has 1 N–H and O–H groups in total. The molecule has 1 unspecified atom stereocenters. The van der Waals surface area contributed by atoms with Crippen molar-refractivity contribution in [1.29, 1.82) is 0 Å². The Bertz CT molecular complexity index is 332. The molecule has 1 aromatic rings. The maximum absolute atomic E-state index is 3.68. The summed E-state index contributed by atoms with van der Waals surface area (Å²) in [5, 5.41) is 8.09. The Morgan fingerprint density at radius 1 is 1.53 bits per heavy atom. The van der Waals surface area contributed by atoms with Gasteiger partial charge in [0, 0.05) is 19.1 Å². The average Bonchev–Trinajstić information content (AvgIpc) is 2.73. The minimum atomic E-state index is 0.432. The van der Waals surface area contributed by atoms with Crippen molar-refractivity contribution in [2.75, 3.05) is 20.1 Å². The van der Waals surface area contributed by atoms with Gasteiger partial charge in [0.25, 0.3) is 0 Å². The SMILES string of the molecule is CN(Cc1ccsc1)CC1NCCCC1(C)C. The van der Waals surface area contributed by atoms with Crippen LogP contribution in [0.2, 0.25) is 0 Å².